The lowest BCUT2D eigenvalue weighted by atomic mass is 9.78. The quantitative estimate of drug-likeness (QED) is 0.798. The van der Waals surface area contributed by atoms with E-state index in [1.54, 1.807) is 6.07 Å². The predicted octanol–water partition coefficient (Wildman–Crippen LogP) is 4.23. The van der Waals surface area contributed by atoms with E-state index in [1.807, 2.05) is 12.1 Å². The molecule has 1 aromatic carbocycles. The maximum atomic E-state index is 8.84. The summed E-state index contributed by atoms with van der Waals surface area (Å²) < 4.78 is 0. The van der Waals surface area contributed by atoms with E-state index in [0.717, 1.165) is 18.8 Å². The molecule has 0 saturated carbocycles. The van der Waals surface area contributed by atoms with Crippen molar-refractivity contribution in [2.75, 3.05) is 18.0 Å². The molecule has 1 fully saturated rings. The maximum Gasteiger partial charge on any atom is 0.0992 e. The topological polar surface area (TPSA) is 27.0 Å². The summed E-state index contributed by atoms with van der Waals surface area (Å²) in [7, 11) is 0. The Morgan fingerprint density at radius 3 is 2.56 bits per heavy atom. The highest BCUT2D eigenvalue weighted by atomic mass is 35.5. The lowest BCUT2D eigenvalue weighted by molar-refractivity contribution is 0.238. The molecule has 0 bridgehead atoms. The van der Waals surface area contributed by atoms with Gasteiger partial charge in [0.1, 0.15) is 0 Å². The lowest BCUT2D eigenvalue weighted by Gasteiger charge is -2.40. The summed E-state index contributed by atoms with van der Waals surface area (Å²) in [6.45, 7) is 6.74. The summed E-state index contributed by atoms with van der Waals surface area (Å²) in [5.41, 5.74) is 2.17. The third-order valence-corrected chi connectivity index (χ3v) is 4.54. The van der Waals surface area contributed by atoms with Crippen LogP contribution in [-0.2, 0) is 0 Å². The fourth-order valence-electron chi connectivity index (χ4n) is 2.47. The molecule has 0 aromatic heterocycles. The van der Waals surface area contributed by atoms with Crippen molar-refractivity contribution < 1.29 is 0 Å². The SMILES string of the molecule is CCC1(C)CCN(c2ccc(C#N)cc2Cl)CC1. The summed E-state index contributed by atoms with van der Waals surface area (Å²) >= 11 is 6.25. The molecule has 1 saturated heterocycles. The number of anilines is 1. The van der Waals surface area contributed by atoms with E-state index >= 15 is 0 Å². The Morgan fingerprint density at radius 2 is 2.06 bits per heavy atom. The Kier molecular flexibility index (Phi) is 3.82. The van der Waals surface area contributed by atoms with Crippen molar-refractivity contribution in [3.05, 3.63) is 28.8 Å². The first kappa shape index (κ1) is 13.2. The summed E-state index contributed by atoms with van der Waals surface area (Å²) in [6.07, 6.45) is 3.65. The zero-order chi connectivity index (χ0) is 13.2. The minimum Gasteiger partial charge on any atom is -0.370 e. The average molecular weight is 263 g/mol. The minimum atomic E-state index is 0.482. The second kappa shape index (κ2) is 5.20. The van der Waals surface area contributed by atoms with Gasteiger partial charge in [0.05, 0.1) is 22.3 Å². The zero-order valence-corrected chi connectivity index (χ0v) is 11.8. The van der Waals surface area contributed by atoms with Gasteiger partial charge in [-0.2, -0.15) is 5.26 Å². The smallest absolute Gasteiger partial charge is 0.0992 e. The number of halogens is 1. The molecule has 0 aliphatic carbocycles. The molecule has 1 aliphatic heterocycles. The third kappa shape index (κ3) is 2.62. The number of piperidine rings is 1. The number of benzene rings is 1. The second-order valence-corrected chi connectivity index (χ2v) is 5.84. The summed E-state index contributed by atoms with van der Waals surface area (Å²) in [4.78, 5) is 2.33. The van der Waals surface area contributed by atoms with Gasteiger partial charge in [0.2, 0.25) is 0 Å². The number of rotatable bonds is 2. The number of hydrogen-bond acceptors (Lipinski definition) is 2. The fraction of sp³-hybridized carbons (Fsp3) is 0.533. The first-order valence-corrected chi connectivity index (χ1v) is 6.90. The Morgan fingerprint density at radius 1 is 1.39 bits per heavy atom. The molecule has 18 heavy (non-hydrogen) atoms. The van der Waals surface area contributed by atoms with Gasteiger partial charge in [-0.25, -0.2) is 0 Å². The first-order valence-electron chi connectivity index (χ1n) is 6.52. The van der Waals surface area contributed by atoms with Crippen molar-refractivity contribution >= 4 is 17.3 Å². The van der Waals surface area contributed by atoms with Crippen molar-refractivity contribution in [2.45, 2.75) is 33.1 Å². The molecule has 1 aliphatic rings. The highest BCUT2D eigenvalue weighted by molar-refractivity contribution is 6.33. The van der Waals surface area contributed by atoms with E-state index in [0.29, 0.717) is 16.0 Å². The third-order valence-electron chi connectivity index (χ3n) is 4.24. The Bertz CT molecular complexity index is 468. The molecule has 0 N–H and O–H groups in total. The van der Waals surface area contributed by atoms with Gasteiger partial charge in [-0.1, -0.05) is 31.9 Å². The average Bonchev–Trinajstić information content (AvgIpc) is 2.40. The van der Waals surface area contributed by atoms with Crippen LogP contribution in [0.1, 0.15) is 38.7 Å². The molecule has 3 heteroatoms. The van der Waals surface area contributed by atoms with E-state index in [4.69, 9.17) is 16.9 Å². The highest BCUT2D eigenvalue weighted by Crippen LogP contribution is 2.37. The standard InChI is InChI=1S/C15H19ClN2/c1-3-15(2)6-8-18(9-7-15)14-5-4-12(11-17)10-13(14)16/h4-5,10H,3,6-9H2,1-2H3. The van der Waals surface area contributed by atoms with E-state index in [9.17, 15) is 0 Å². The van der Waals surface area contributed by atoms with E-state index in [1.165, 1.54) is 19.3 Å². The zero-order valence-electron chi connectivity index (χ0n) is 11.0. The van der Waals surface area contributed by atoms with Crippen molar-refractivity contribution in [3.63, 3.8) is 0 Å². The van der Waals surface area contributed by atoms with Crippen LogP contribution in [0.2, 0.25) is 5.02 Å². The molecule has 0 atom stereocenters. The van der Waals surface area contributed by atoms with Gasteiger partial charge in [0.25, 0.3) is 0 Å². The Hall–Kier alpha value is -1.20. The summed E-state index contributed by atoms with van der Waals surface area (Å²) in [5.74, 6) is 0. The molecule has 0 spiro atoms. The summed E-state index contributed by atoms with van der Waals surface area (Å²) in [5, 5.41) is 9.53. The minimum absolute atomic E-state index is 0.482. The van der Waals surface area contributed by atoms with E-state index in [2.05, 4.69) is 24.8 Å². The molecule has 96 valence electrons. The monoisotopic (exact) mass is 262 g/mol. The number of nitriles is 1. The van der Waals surface area contributed by atoms with Crippen LogP contribution in [0.25, 0.3) is 0 Å². The van der Waals surface area contributed by atoms with Crippen molar-refractivity contribution in [3.8, 4) is 6.07 Å². The van der Waals surface area contributed by atoms with Crippen LogP contribution in [0.5, 0.6) is 0 Å². The van der Waals surface area contributed by atoms with Gasteiger partial charge in [0.15, 0.2) is 0 Å². The van der Waals surface area contributed by atoms with Crippen LogP contribution in [0.4, 0.5) is 5.69 Å². The van der Waals surface area contributed by atoms with Crippen LogP contribution < -0.4 is 4.90 Å². The summed E-state index contributed by atoms with van der Waals surface area (Å²) in [6, 6.07) is 7.68. The van der Waals surface area contributed by atoms with Crippen molar-refractivity contribution in [1.29, 1.82) is 5.26 Å². The maximum absolute atomic E-state index is 8.84. The van der Waals surface area contributed by atoms with Crippen LogP contribution in [0.15, 0.2) is 18.2 Å². The van der Waals surface area contributed by atoms with Gasteiger partial charge in [-0.3, -0.25) is 0 Å². The van der Waals surface area contributed by atoms with Crippen LogP contribution in [0.3, 0.4) is 0 Å². The van der Waals surface area contributed by atoms with E-state index in [-0.39, 0.29) is 0 Å². The molecule has 0 amide bonds. The first-order chi connectivity index (χ1) is 8.58. The fourth-order valence-corrected chi connectivity index (χ4v) is 2.77. The van der Waals surface area contributed by atoms with Gasteiger partial charge < -0.3 is 4.90 Å². The second-order valence-electron chi connectivity index (χ2n) is 5.43. The van der Waals surface area contributed by atoms with E-state index < -0.39 is 0 Å². The molecule has 0 radical (unpaired) electrons. The van der Waals surface area contributed by atoms with Crippen molar-refractivity contribution in [2.24, 2.45) is 5.41 Å². The molecule has 1 aromatic rings. The van der Waals surface area contributed by atoms with Gasteiger partial charge in [0, 0.05) is 13.1 Å². The van der Waals surface area contributed by atoms with Gasteiger partial charge in [-0.05, 0) is 36.5 Å². The highest BCUT2D eigenvalue weighted by Gasteiger charge is 2.28. The molecule has 2 rings (SSSR count). The molecular weight excluding hydrogens is 244 g/mol. The number of nitrogens with zero attached hydrogens (tertiary/aromatic N) is 2. The molecular formula is C15H19ClN2. The van der Waals surface area contributed by atoms with Crippen molar-refractivity contribution in [1.82, 2.24) is 0 Å². The van der Waals surface area contributed by atoms with Gasteiger partial charge in [-0.15, -0.1) is 0 Å². The van der Waals surface area contributed by atoms with Crippen LogP contribution in [0, 0.1) is 16.7 Å². The Labute approximate surface area is 114 Å². The molecule has 1 heterocycles. The largest absolute Gasteiger partial charge is 0.370 e. The lowest BCUT2D eigenvalue weighted by Crippen LogP contribution is -2.38. The Balaban J connectivity index is 2.13. The van der Waals surface area contributed by atoms with Crippen LogP contribution in [-0.4, -0.2) is 13.1 Å². The van der Waals surface area contributed by atoms with Gasteiger partial charge >= 0.3 is 0 Å². The normalized spacial score (nSPS) is 18.4. The number of hydrogen-bond donors (Lipinski definition) is 0. The van der Waals surface area contributed by atoms with Crippen LogP contribution >= 0.6 is 11.6 Å². The predicted molar refractivity (Wildman–Crippen MR) is 76.0 cm³/mol. The molecule has 0 unspecified atom stereocenters. The molecule has 2 nitrogen and oxygen atoms in total.